The summed E-state index contributed by atoms with van der Waals surface area (Å²) in [7, 11) is 0. The molecule has 1 aliphatic heterocycles. The van der Waals surface area contributed by atoms with Crippen LogP contribution in [0.2, 0.25) is 5.15 Å². The van der Waals surface area contributed by atoms with Crippen molar-refractivity contribution in [3.63, 3.8) is 0 Å². The molecular formula is C15H14ClN3O. The van der Waals surface area contributed by atoms with Crippen LogP contribution in [0, 0.1) is 5.92 Å². The Labute approximate surface area is 122 Å². The predicted molar refractivity (Wildman–Crippen MR) is 80.0 cm³/mol. The summed E-state index contributed by atoms with van der Waals surface area (Å²) in [5.41, 5.74) is 2.82. The molecule has 2 aromatic rings. The monoisotopic (exact) mass is 287 g/mol. The molecule has 102 valence electrons. The summed E-state index contributed by atoms with van der Waals surface area (Å²) in [6, 6.07) is 11.5. The van der Waals surface area contributed by atoms with E-state index in [2.05, 4.69) is 15.6 Å². The minimum atomic E-state index is -0.110. The summed E-state index contributed by atoms with van der Waals surface area (Å²) in [4.78, 5) is 16.2. The van der Waals surface area contributed by atoms with Gasteiger partial charge in [-0.1, -0.05) is 29.8 Å². The lowest BCUT2D eigenvalue weighted by Crippen LogP contribution is -2.33. The van der Waals surface area contributed by atoms with Crippen molar-refractivity contribution in [3.05, 3.63) is 53.3 Å². The Bertz CT molecular complexity index is 645. The Morgan fingerprint density at radius 3 is 3.00 bits per heavy atom. The number of hydrogen-bond donors (Lipinski definition) is 2. The lowest BCUT2D eigenvalue weighted by molar-refractivity contribution is -0.119. The number of nitrogens with zero attached hydrogens (tertiary/aromatic N) is 1. The van der Waals surface area contributed by atoms with E-state index in [0.29, 0.717) is 17.4 Å². The van der Waals surface area contributed by atoms with Gasteiger partial charge in [-0.25, -0.2) is 4.98 Å². The molecule has 0 saturated heterocycles. The molecule has 1 amide bonds. The lowest BCUT2D eigenvalue weighted by Gasteiger charge is -2.25. The molecule has 5 heteroatoms. The van der Waals surface area contributed by atoms with Crippen LogP contribution < -0.4 is 10.6 Å². The highest BCUT2D eigenvalue weighted by atomic mass is 35.5. The first-order chi connectivity index (χ1) is 9.74. The van der Waals surface area contributed by atoms with E-state index >= 15 is 0 Å². The first-order valence-electron chi connectivity index (χ1n) is 6.47. The van der Waals surface area contributed by atoms with Crippen LogP contribution in [-0.2, 0) is 11.2 Å². The third-order valence-electron chi connectivity index (χ3n) is 3.41. The van der Waals surface area contributed by atoms with E-state index in [1.807, 2.05) is 24.3 Å². The lowest BCUT2D eigenvalue weighted by atomic mass is 9.93. The maximum atomic E-state index is 12.3. The second kappa shape index (κ2) is 5.51. The number of hydrogen-bond acceptors (Lipinski definition) is 3. The molecule has 0 radical (unpaired) electrons. The average molecular weight is 288 g/mol. The van der Waals surface area contributed by atoms with Crippen molar-refractivity contribution in [2.45, 2.75) is 6.42 Å². The van der Waals surface area contributed by atoms with Gasteiger partial charge in [0, 0.05) is 18.4 Å². The van der Waals surface area contributed by atoms with Crippen molar-refractivity contribution < 1.29 is 4.79 Å². The van der Waals surface area contributed by atoms with Gasteiger partial charge in [-0.2, -0.15) is 0 Å². The number of pyridine rings is 1. The number of aromatic nitrogens is 1. The molecule has 0 spiro atoms. The van der Waals surface area contributed by atoms with Crippen molar-refractivity contribution in [2.75, 3.05) is 17.2 Å². The number of carbonyl (C=O) groups is 1. The van der Waals surface area contributed by atoms with E-state index in [-0.39, 0.29) is 11.8 Å². The van der Waals surface area contributed by atoms with E-state index in [9.17, 15) is 4.79 Å². The number of nitrogens with one attached hydrogen (secondary N) is 2. The zero-order valence-corrected chi connectivity index (χ0v) is 11.5. The quantitative estimate of drug-likeness (QED) is 0.835. The largest absolute Gasteiger partial charge is 0.384 e. The first kappa shape index (κ1) is 12.9. The second-order valence-corrected chi connectivity index (χ2v) is 5.13. The van der Waals surface area contributed by atoms with Crippen LogP contribution in [0.4, 0.5) is 11.4 Å². The van der Waals surface area contributed by atoms with E-state index in [1.54, 1.807) is 18.3 Å². The Balaban J connectivity index is 1.72. The molecule has 1 aliphatic rings. The van der Waals surface area contributed by atoms with E-state index in [0.717, 1.165) is 17.7 Å². The molecule has 1 atom stereocenters. The van der Waals surface area contributed by atoms with Crippen LogP contribution in [0.25, 0.3) is 0 Å². The highest BCUT2D eigenvalue weighted by Crippen LogP contribution is 2.26. The highest BCUT2D eigenvalue weighted by molar-refractivity contribution is 6.32. The fraction of sp³-hybridized carbons (Fsp3) is 0.200. The normalized spacial score (nSPS) is 16.9. The van der Waals surface area contributed by atoms with Crippen molar-refractivity contribution in [1.29, 1.82) is 0 Å². The fourth-order valence-electron chi connectivity index (χ4n) is 2.34. The molecule has 20 heavy (non-hydrogen) atoms. The number of benzene rings is 1. The third-order valence-corrected chi connectivity index (χ3v) is 3.71. The summed E-state index contributed by atoms with van der Waals surface area (Å²) < 4.78 is 0. The van der Waals surface area contributed by atoms with Crippen LogP contribution in [0.5, 0.6) is 0 Å². The Hall–Kier alpha value is -2.07. The van der Waals surface area contributed by atoms with Crippen LogP contribution in [0.1, 0.15) is 5.56 Å². The summed E-state index contributed by atoms with van der Waals surface area (Å²) >= 11 is 5.95. The molecule has 3 rings (SSSR count). The van der Waals surface area contributed by atoms with Gasteiger partial charge in [0.05, 0.1) is 11.6 Å². The molecule has 2 N–H and O–H groups in total. The van der Waals surface area contributed by atoms with Gasteiger partial charge in [0.25, 0.3) is 0 Å². The van der Waals surface area contributed by atoms with Crippen molar-refractivity contribution in [1.82, 2.24) is 4.98 Å². The van der Waals surface area contributed by atoms with Crippen LogP contribution in [0.15, 0.2) is 42.6 Å². The van der Waals surface area contributed by atoms with Gasteiger partial charge >= 0.3 is 0 Å². The molecule has 2 heterocycles. The van der Waals surface area contributed by atoms with Crippen LogP contribution in [0.3, 0.4) is 0 Å². The second-order valence-electron chi connectivity index (χ2n) is 4.77. The molecule has 0 bridgehead atoms. The minimum absolute atomic E-state index is 0.0399. The maximum Gasteiger partial charge on any atom is 0.229 e. The van der Waals surface area contributed by atoms with Crippen molar-refractivity contribution >= 4 is 28.9 Å². The van der Waals surface area contributed by atoms with E-state index in [1.165, 1.54) is 0 Å². The van der Waals surface area contributed by atoms with Gasteiger partial charge in [0.1, 0.15) is 0 Å². The third kappa shape index (κ3) is 2.60. The van der Waals surface area contributed by atoms with Crippen LogP contribution in [-0.4, -0.2) is 17.4 Å². The van der Waals surface area contributed by atoms with Gasteiger partial charge < -0.3 is 10.6 Å². The zero-order chi connectivity index (χ0) is 13.9. The Kier molecular flexibility index (Phi) is 3.56. The van der Waals surface area contributed by atoms with Crippen molar-refractivity contribution in [3.8, 4) is 0 Å². The summed E-state index contributed by atoms with van der Waals surface area (Å²) in [5.74, 6) is -0.150. The fourth-order valence-corrected chi connectivity index (χ4v) is 2.51. The molecule has 1 aromatic carbocycles. The highest BCUT2D eigenvalue weighted by Gasteiger charge is 2.24. The van der Waals surface area contributed by atoms with E-state index < -0.39 is 0 Å². The molecule has 0 saturated carbocycles. The number of amides is 1. The number of fused-ring (bicyclic) bond motifs is 1. The van der Waals surface area contributed by atoms with Gasteiger partial charge in [-0.05, 0) is 30.2 Å². The molecule has 1 unspecified atom stereocenters. The molecule has 4 nitrogen and oxygen atoms in total. The SMILES string of the molecule is O=C(Nc1cccnc1Cl)C1CNc2ccccc2C1. The summed E-state index contributed by atoms with van der Waals surface area (Å²) in [6.07, 6.45) is 2.32. The number of anilines is 2. The van der Waals surface area contributed by atoms with Gasteiger partial charge in [0.15, 0.2) is 5.15 Å². The van der Waals surface area contributed by atoms with Crippen LogP contribution >= 0.6 is 11.6 Å². The minimum Gasteiger partial charge on any atom is -0.384 e. The number of carbonyl (C=O) groups excluding carboxylic acids is 1. The van der Waals surface area contributed by atoms with Gasteiger partial charge in [-0.3, -0.25) is 4.79 Å². The summed E-state index contributed by atoms with van der Waals surface area (Å²) in [5, 5.41) is 6.43. The maximum absolute atomic E-state index is 12.3. The van der Waals surface area contributed by atoms with Gasteiger partial charge in [-0.15, -0.1) is 0 Å². The molecular weight excluding hydrogens is 274 g/mol. The average Bonchev–Trinajstić information content (AvgIpc) is 2.49. The molecule has 0 fully saturated rings. The number of para-hydroxylation sites is 1. The van der Waals surface area contributed by atoms with Crippen molar-refractivity contribution in [2.24, 2.45) is 5.92 Å². The molecule has 1 aromatic heterocycles. The molecule has 0 aliphatic carbocycles. The first-order valence-corrected chi connectivity index (χ1v) is 6.85. The smallest absolute Gasteiger partial charge is 0.229 e. The standard InChI is InChI=1S/C15H14ClN3O/c16-14-13(6-3-7-17-14)19-15(20)11-8-10-4-1-2-5-12(10)18-9-11/h1-7,11,18H,8-9H2,(H,19,20). The Morgan fingerprint density at radius 2 is 2.15 bits per heavy atom. The van der Waals surface area contributed by atoms with E-state index in [4.69, 9.17) is 11.6 Å². The topological polar surface area (TPSA) is 54.0 Å². The predicted octanol–water partition coefficient (Wildman–Crippen LogP) is 2.96. The summed E-state index contributed by atoms with van der Waals surface area (Å²) in [6.45, 7) is 0.626. The Morgan fingerprint density at radius 1 is 1.30 bits per heavy atom. The zero-order valence-electron chi connectivity index (χ0n) is 10.8. The number of halogens is 1. The van der Waals surface area contributed by atoms with Gasteiger partial charge in [0.2, 0.25) is 5.91 Å². The number of rotatable bonds is 2.